The molecule has 0 radical (unpaired) electrons. The molecule has 1 aliphatic heterocycles. The molecule has 0 spiro atoms. The Hall–Kier alpha value is -0.480. The smallest absolute Gasteiger partial charge is 0.142 e. The van der Waals surface area contributed by atoms with Crippen LogP contribution in [0.2, 0.25) is 10.0 Å². The molecule has 0 aliphatic carbocycles. The van der Waals surface area contributed by atoms with Gasteiger partial charge in [0.2, 0.25) is 0 Å². The van der Waals surface area contributed by atoms with E-state index in [0.29, 0.717) is 35.1 Å². The van der Waals surface area contributed by atoms with Crippen LogP contribution in [0.3, 0.4) is 0 Å². The van der Waals surface area contributed by atoms with Gasteiger partial charge in [0.1, 0.15) is 12.4 Å². The van der Waals surface area contributed by atoms with Crippen LogP contribution < -0.4 is 10.1 Å². The average molecular weight is 318 g/mol. The van der Waals surface area contributed by atoms with Crippen molar-refractivity contribution < 1.29 is 9.47 Å². The molecule has 2 unspecified atom stereocenters. The zero-order chi connectivity index (χ0) is 14.5. The lowest BCUT2D eigenvalue weighted by molar-refractivity contribution is 0.0262. The highest BCUT2D eigenvalue weighted by Crippen LogP contribution is 2.33. The molecule has 1 aromatic carbocycles. The van der Waals surface area contributed by atoms with Gasteiger partial charge in [-0.05, 0) is 38.4 Å². The molecule has 1 N–H and O–H groups in total. The van der Waals surface area contributed by atoms with Gasteiger partial charge in [0.15, 0.2) is 0 Å². The maximum Gasteiger partial charge on any atom is 0.142 e. The molecule has 1 heterocycles. The van der Waals surface area contributed by atoms with Crippen LogP contribution in [0.1, 0.15) is 32.3 Å². The standard InChI is InChI=1S/C15H21Cl2NO2/c1-3-18-8-11-6-12(16)7-14(17)15(11)19-9-13-5-4-10(2)20-13/h6-7,10,13,18H,3-5,8-9H2,1-2H3. The summed E-state index contributed by atoms with van der Waals surface area (Å²) in [5.74, 6) is 0.708. The van der Waals surface area contributed by atoms with Gasteiger partial charge >= 0.3 is 0 Å². The fraction of sp³-hybridized carbons (Fsp3) is 0.600. The average Bonchev–Trinajstić information content (AvgIpc) is 2.80. The van der Waals surface area contributed by atoms with Gasteiger partial charge in [0.05, 0.1) is 17.2 Å². The quantitative estimate of drug-likeness (QED) is 0.858. The topological polar surface area (TPSA) is 30.5 Å². The second-order valence-corrected chi connectivity index (χ2v) is 5.96. The summed E-state index contributed by atoms with van der Waals surface area (Å²) in [6.45, 7) is 6.25. The Bertz CT molecular complexity index is 454. The second-order valence-electron chi connectivity index (χ2n) is 5.11. The van der Waals surface area contributed by atoms with Gasteiger partial charge in [-0.1, -0.05) is 30.1 Å². The first-order valence-electron chi connectivity index (χ1n) is 7.07. The lowest BCUT2D eigenvalue weighted by atomic mass is 10.2. The summed E-state index contributed by atoms with van der Waals surface area (Å²) in [5.41, 5.74) is 0.982. The number of halogens is 2. The number of hydrogen-bond donors (Lipinski definition) is 1. The molecule has 0 amide bonds. The Morgan fingerprint density at radius 3 is 2.80 bits per heavy atom. The first-order chi connectivity index (χ1) is 9.60. The van der Waals surface area contributed by atoms with Gasteiger partial charge < -0.3 is 14.8 Å². The summed E-state index contributed by atoms with van der Waals surface area (Å²) in [6, 6.07) is 3.61. The summed E-state index contributed by atoms with van der Waals surface area (Å²) < 4.78 is 11.7. The third-order valence-corrected chi connectivity index (χ3v) is 3.88. The van der Waals surface area contributed by atoms with Crippen molar-refractivity contribution in [2.45, 2.75) is 45.4 Å². The van der Waals surface area contributed by atoms with Crippen LogP contribution in [0.15, 0.2) is 12.1 Å². The molecule has 20 heavy (non-hydrogen) atoms. The highest BCUT2D eigenvalue weighted by Gasteiger charge is 2.23. The van der Waals surface area contributed by atoms with Gasteiger partial charge in [0.25, 0.3) is 0 Å². The largest absolute Gasteiger partial charge is 0.489 e. The molecule has 0 saturated carbocycles. The predicted octanol–water partition coefficient (Wildman–Crippen LogP) is 4.05. The maximum absolute atomic E-state index is 6.25. The molecule has 5 heteroatoms. The Morgan fingerprint density at radius 1 is 1.35 bits per heavy atom. The molecular weight excluding hydrogens is 297 g/mol. The number of nitrogens with one attached hydrogen (secondary N) is 1. The summed E-state index contributed by atoms with van der Waals surface area (Å²) in [5, 5.41) is 4.44. The van der Waals surface area contributed by atoms with E-state index in [2.05, 4.69) is 19.2 Å². The number of rotatable bonds is 6. The molecule has 2 atom stereocenters. The van der Waals surface area contributed by atoms with E-state index < -0.39 is 0 Å². The highest BCUT2D eigenvalue weighted by atomic mass is 35.5. The highest BCUT2D eigenvalue weighted by molar-refractivity contribution is 6.35. The molecular formula is C15H21Cl2NO2. The first-order valence-corrected chi connectivity index (χ1v) is 7.82. The molecule has 1 aliphatic rings. The SMILES string of the molecule is CCNCc1cc(Cl)cc(Cl)c1OCC1CCC(C)O1. The molecule has 0 bridgehead atoms. The van der Waals surface area contributed by atoms with Crippen LogP contribution in [-0.2, 0) is 11.3 Å². The third-order valence-electron chi connectivity index (χ3n) is 3.38. The van der Waals surface area contributed by atoms with Crippen LogP contribution >= 0.6 is 23.2 Å². The van der Waals surface area contributed by atoms with Gasteiger partial charge in [-0.25, -0.2) is 0 Å². The predicted molar refractivity (Wildman–Crippen MR) is 82.9 cm³/mol. The van der Waals surface area contributed by atoms with Crippen molar-refractivity contribution in [3.05, 3.63) is 27.7 Å². The molecule has 2 rings (SSSR count). The zero-order valence-corrected chi connectivity index (χ0v) is 13.4. The van der Waals surface area contributed by atoms with E-state index in [0.717, 1.165) is 24.9 Å². The van der Waals surface area contributed by atoms with E-state index >= 15 is 0 Å². The first kappa shape index (κ1) is 15.9. The number of benzene rings is 1. The van der Waals surface area contributed by atoms with E-state index in [1.807, 2.05) is 6.07 Å². The number of ether oxygens (including phenoxy) is 2. The van der Waals surface area contributed by atoms with E-state index in [1.165, 1.54) is 0 Å². The van der Waals surface area contributed by atoms with Crippen molar-refractivity contribution in [3.63, 3.8) is 0 Å². The van der Waals surface area contributed by atoms with Gasteiger partial charge in [-0.15, -0.1) is 0 Å². The van der Waals surface area contributed by atoms with Crippen molar-refractivity contribution in [1.82, 2.24) is 5.32 Å². The van der Waals surface area contributed by atoms with E-state index in [1.54, 1.807) is 6.07 Å². The maximum atomic E-state index is 6.25. The lowest BCUT2D eigenvalue weighted by Crippen LogP contribution is -2.19. The van der Waals surface area contributed by atoms with Gasteiger partial charge in [0, 0.05) is 17.1 Å². The fourth-order valence-corrected chi connectivity index (χ4v) is 2.94. The van der Waals surface area contributed by atoms with Crippen LogP contribution in [0.4, 0.5) is 0 Å². The van der Waals surface area contributed by atoms with Crippen molar-refractivity contribution in [3.8, 4) is 5.75 Å². The van der Waals surface area contributed by atoms with Crippen molar-refractivity contribution in [2.75, 3.05) is 13.2 Å². The number of hydrogen-bond acceptors (Lipinski definition) is 3. The summed E-state index contributed by atoms with van der Waals surface area (Å²) in [6.07, 6.45) is 2.61. The zero-order valence-electron chi connectivity index (χ0n) is 11.9. The monoisotopic (exact) mass is 317 g/mol. The van der Waals surface area contributed by atoms with E-state index in [9.17, 15) is 0 Å². The summed E-state index contributed by atoms with van der Waals surface area (Å²) in [7, 11) is 0. The Morgan fingerprint density at radius 2 is 2.15 bits per heavy atom. The van der Waals surface area contributed by atoms with Crippen molar-refractivity contribution >= 4 is 23.2 Å². The Balaban J connectivity index is 2.04. The van der Waals surface area contributed by atoms with Crippen LogP contribution in [0, 0.1) is 0 Å². The van der Waals surface area contributed by atoms with Gasteiger partial charge in [-0.3, -0.25) is 0 Å². The Kier molecular flexibility index (Phi) is 5.97. The van der Waals surface area contributed by atoms with Crippen LogP contribution in [0.5, 0.6) is 5.75 Å². The second kappa shape index (κ2) is 7.51. The van der Waals surface area contributed by atoms with Crippen LogP contribution in [-0.4, -0.2) is 25.4 Å². The van der Waals surface area contributed by atoms with Crippen molar-refractivity contribution in [1.29, 1.82) is 0 Å². The minimum Gasteiger partial charge on any atom is -0.489 e. The molecule has 1 fully saturated rings. The third kappa shape index (κ3) is 4.26. The van der Waals surface area contributed by atoms with Gasteiger partial charge in [-0.2, -0.15) is 0 Å². The molecule has 0 aromatic heterocycles. The molecule has 3 nitrogen and oxygen atoms in total. The lowest BCUT2D eigenvalue weighted by Gasteiger charge is -2.17. The van der Waals surface area contributed by atoms with Crippen molar-refractivity contribution in [2.24, 2.45) is 0 Å². The minimum atomic E-state index is 0.156. The van der Waals surface area contributed by atoms with E-state index in [-0.39, 0.29) is 6.10 Å². The summed E-state index contributed by atoms with van der Waals surface area (Å²) >= 11 is 12.3. The van der Waals surface area contributed by atoms with Crippen LogP contribution in [0.25, 0.3) is 0 Å². The molecule has 112 valence electrons. The molecule has 1 saturated heterocycles. The normalized spacial score (nSPS) is 22.2. The minimum absolute atomic E-state index is 0.156. The van der Waals surface area contributed by atoms with E-state index in [4.69, 9.17) is 32.7 Å². The fourth-order valence-electron chi connectivity index (χ4n) is 2.35. The summed E-state index contributed by atoms with van der Waals surface area (Å²) in [4.78, 5) is 0. The molecule has 1 aromatic rings. The Labute approximate surface area is 130 Å².